The number of para-hydroxylation sites is 1. The Morgan fingerprint density at radius 1 is 1.18 bits per heavy atom. The van der Waals surface area contributed by atoms with E-state index in [0.717, 1.165) is 16.6 Å². The van der Waals surface area contributed by atoms with Crippen molar-refractivity contribution in [2.45, 2.75) is 0 Å². The van der Waals surface area contributed by atoms with Crippen LogP contribution in [0.5, 0.6) is 0 Å². The quantitative estimate of drug-likeness (QED) is 0.430. The van der Waals surface area contributed by atoms with Crippen molar-refractivity contribution in [1.82, 2.24) is 4.68 Å². The average Bonchev–Trinajstić information content (AvgIpc) is 2.34. The van der Waals surface area contributed by atoms with Crippen molar-refractivity contribution in [3.8, 4) is 0 Å². The molecule has 0 aliphatic carbocycles. The minimum absolute atomic E-state index is 0.718. The molecule has 2 aromatic rings. The minimum Gasteiger partial charge on any atom is -0.397 e. The Bertz CT molecular complexity index is 389. The fourth-order valence-corrected chi connectivity index (χ4v) is 1.25. The second-order valence-corrected chi connectivity index (χ2v) is 2.51. The van der Waals surface area contributed by atoms with Crippen molar-refractivity contribution in [2.24, 2.45) is 0 Å². The molecule has 1 aromatic carbocycles. The third-order valence-electron chi connectivity index (χ3n) is 1.77. The van der Waals surface area contributed by atoms with Crippen LogP contribution in [0.4, 0.5) is 5.69 Å². The third-order valence-corrected chi connectivity index (χ3v) is 1.77. The number of fused-ring (bicyclic) bond motifs is 1. The van der Waals surface area contributed by atoms with E-state index in [4.69, 9.17) is 11.6 Å². The SMILES string of the molecule is Nc1cccc2ccn(N)c12. The smallest absolute Gasteiger partial charge is 0.0919 e. The molecule has 0 aliphatic heterocycles. The van der Waals surface area contributed by atoms with Crippen molar-refractivity contribution < 1.29 is 0 Å². The Morgan fingerprint density at radius 3 is 2.73 bits per heavy atom. The summed E-state index contributed by atoms with van der Waals surface area (Å²) >= 11 is 0. The van der Waals surface area contributed by atoms with Crippen LogP contribution < -0.4 is 11.6 Å². The lowest BCUT2D eigenvalue weighted by atomic mass is 10.2. The third kappa shape index (κ3) is 0.741. The molecule has 1 aromatic heterocycles. The van der Waals surface area contributed by atoms with E-state index in [9.17, 15) is 0 Å². The number of rotatable bonds is 0. The summed E-state index contributed by atoms with van der Waals surface area (Å²) in [5.74, 6) is 5.61. The summed E-state index contributed by atoms with van der Waals surface area (Å²) in [5, 5.41) is 1.08. The summed E-state index contributed by atoms with van der Waals surface area (Å²) < 4.78 is 1.53. The van der Waals surface area contributed by atoms with Crippen LogP contribution in [0.1, 0.15) is 0 Å². The maximum Gasteiger partial charge on any atom is 0.0919 e. The molecule has 1 heterocycles. The van der Waals surface area contributed by atoms with Crippen LogP contribution in [0.25, 0.3) is 10.9 Å². The van der Waals surface area contributed by atoms with Gasteiger partial charge in [0.25, 0.3) is 0 Å². The molecule has 0 unspecified atom stereocenters. The molecule has 11 heavy (non-hydrogen) atoms. The van der Waals surface area contributed by atoms with Crippen LogP contribution in [0.2, 0.25) is 0 Å². The molecule has 0 amide bonds. The number of benzene rings is 1. The van der Waals surface area contributed by atoms with E-state index in [1.165, 1.54) is 4.68 Å². The van der Waals surface area contributed by atoms with Gasteiger partial charge in [0.15, 0.2) is 0 Å². The van der Waals surface area contributed by atoms with Crippen LogP contribution in [0.3, 0.4) is 0 Å². The molecule has 0 bridgehead atoms. The van der Waals surface area contributed by atoms with Gasteiger partial charge in [0.2, 0.25) is 0 Å². The monoisotopic (exact) mass is 147 g/mol. The van der Waals surface area contributed by atoms with Gasteiger partial charge in [0.1, 0.15) is 0 Å². The summed E-state index contributed by atoms with van der Waals surface area (Å²) in [4.78, 5) is 0. The summed E-state index contributed by atoms with van der Waals surface area (Å²) in [7, 11) is 0. The molecule has 0 saturated carbocycles. The molecule has 0 atom stereocenters. The zero-order chi connectivity index (χ0) is 7.84. The van der Waals surface area contributed by atoms with Crippen LogP contribution >= 0.6 is 0 Å². The molecule has 3 heteroatoms. The highest BCUT2D eigenvalue weighted by atomic mass is 15.3. The number of nitrogen functional groups attached to an aromatic ring is 2. The van der Waals surface area contributed by atoms with Crippen LogP contribution in [-0.2, 0) is 0 Å². The Hall–Kier alpha value is -1.64. The van der Waals surface area contributed by atoms with Crippen LogP contribution in [0.15, 0.2) is 30.5 Å². The van der Waals surface area contributed by atoms with Crippen LogP contribution in [-0.4, -0.2) is 4.68 Å². The lowest BCUT2D eigenvalue weighted by molar-refractivity contribution is 1.07. The van der Waals surface area contributed by atoms with Gasteiger partial charge in [-0.2, -0.15) is 0 Å². The first-order valence-electron chi connectivity index (χ1n) is 3.39. The van der Waals surface area contributed by atoms with Crippen molar-refractivity contribution in [3.63, 3.8) is 0 Å². The van der Waals surface area contributed by atoms with Crippen molar-refractivity contribution >= 4 is 16.6 Å². The van der Waals surface area contributed by atoms with Gasteiger partial charge >= 0.3 is 0 Å². The van der Waals surface area contributed by atoms with Crippen molar-refractivity contribution in [2.75, 3.05) is 11.6 Å². The van der Waals surface area contributed by atoms with Gasteiger partial charge in [-0.1, -0.05) is 12.1 Å². The molecule has 0 spiro atoms. The minimum atomic E-state index is 0.718. The lowest BCUT2D eigenvalue weighted by Gasteiger charge is -1.98. The average molecular weight is 147 g/mol. The number of hydrogen-bond acceptors (Lipinski definition) is 2. The molecule has 0 fully saturated rings. The highest BCUT2D eigenvalue weighted by Gasteiger charge is 1.99. The van der Waals surface area contributed by atoms with E-state index >= 15 is 0 Å². The maximum absolute atomic E-state index is 5.70. The number of anilines is 1. The molecule has 2 rings (SSSR count). The largest absolute Gasteiger partial charge is 0.397 e. The van der Waals surface area contributed by atoms with E-state index in [1.54, 1.807) is 6.20 Å². The Labute approximate surface area is 64.2 Å². The van der Waals surface area contributed by atoms with Crippen molar-refractivity contribution in [3.05, 3.63) is 30.5 Å². The standard InChI is InChI=1S/C8H9N3/c9-7-3-1-2-6-4-5-11(10)8(6)7/h1-5H,9-10H2. The Morgan fingerprint density at radius 2 is 2.00 bits per heavy atom. The first kappa shape index (κ1) is 6.09. The lowest BCUT2D eigenvalue weighted by Crippen LogP contribution is -2.06. The fourth-order valence-electron chi connectivity index (χ4n) is 1.25. The van der Waals surface area contributed by atoms with Gasteiger partial charge in [-0.05, 0) is 12.1 Å². The van der Waals surface area contributed by atoms with E-state index in [-0.39, 0.29) is 0 Å². The normalized spacial score (nSPS) is 10.5. The highest BCUT2D eigenvalue weighted by Crippen LogP contribution is 2.19. The first-order chi connectivity index (χ1) is 5.29. The molecular formula is C8H9N3. The van der Waals surface area contributed by atoms with E-state index in [2.05, 4.69) is 0 Å². The van der Waals surface area contributed by atoms with E-state index in [1.807, 2.05) is 24.3 Å². The molecule has 0 radical (unpaired) electrons. The predicted molar refractivity (Wildman–Crippen MR) is 46.5 cm³/mol. The first-order valence-corrected chi connectivity index (χ1v) is 3.39. The molecular weight excluding hydrogens is 138 g/mol. The summed E-state index contributed by atoms with van der Waals surface area (Å²) in [6.45, 7) is 0. The van der Waals surface area contributed by atoms with Gasteiger partial charge in [0, 0.05) is 11.6 Å². The number of nitrogens with two attached hydrogens (primary N) is 2. The topological polar surface area (TPSA) is 57.0 Å². The Balaban J connectivity index is 2.96. The summed E-state index contributed by atoms with van der Waals surface area (Å²) in [5.41, 5.74) is 7.31. The predicted octanol–water partition coefficient (Wildman–Crippen LogP) is 0.937. The number of aromatic nitrogens is 1. The molecule has 0 saturated heterocycles. The molecule has 3 nitrogen and oxygen atoms in total. The zero-order valence-electron chi connectivity index (χ0n) is 5.99. The van der Waals surface area contributed by atoms with Gasteiger partial charge in [0.05, 0.1) is 11.2 Å². The highest BCUT2D eigenvalue weighted by molar-refractivity contribution is 5.90. The van der Waals surface area contributed by atoms with Gasteiger partial charge < -0.3 is 11.6 Å². The van der Waals surface area contributed by atoms with E-state index in [0.29, 0.717) is 0 Å². The second-order valence-electron chi connectivity index (χ2n) is 2.51. The van der Waals surface area contributed by atoms with Gasteiger partial charge in [-0.25, -0.2) is 0 Å². The van der Waals surface area contributed by atoms with Crippen LogP contribution in [0, 0.1) is 0 Å². The van der Waals surface area contributed by atoms with Crippen molar-refractivity contribution in [1.29, 1.82) is 0 Å². The van der Waals surface area contributed by atoms with Gasteiger partial charge in [-0.3, -0.25) is 4.68 Å². The number of nitrogens with zero attached hydrogens (tertiary/aromatic N) is 1. The fraction of sp³-hybridized carbons (Fsp3) is 0. The number of hydrogen-bond donors (Lipinski definition) is 2. The second kappa shape index (κ2) is 1.92. The van der Waals surface area contributed by atoms with Gasteiger partial charge in [-0.15, -0.1) is 0 Å². The summed E-state index contributed by atoms with van der Waals surface area (Å²) in [6, 6.07) is 7.67. The Kier molecular flexibility index (Phi) is 1.06. The maximum atomic E-state index is 5.70. The zero-order valence-corrected chi connectivity index (χ0v) is 5.99. The molecule has 4 N–H and O–H groups in total. The molecule has 0 aliphatic rings. The molecule has 56 valence electrons. The van der Waals surface area contributed by atoms with E-state index < -0.39 is 0 Å². The summed E-state index contributed by atoms with van der Waals surface area (Å²) in [6.07, 6.45) is 1.79.